The zero-order chi connectivity index (χ0) is 22.2. The van der Waals surface area contributed by atoms with Crippen molar-refractivity contribution in [3.8, 4) is 11.6 Å². The van der Waals surface area contributed by atoms with Crippen molar-refractivity contribution in [1.82, 2.24) is 24.3 Å². The number of nitrogens with zero attached hydrogens (tertiary/aromatic N) is 6. The number of hydrogen-bond acceptors (Lipinski definition) is 7. The molecule has 0 amide bonds. The molecule has 0 spiro atoms. The molecule has 0 aliphatic carbocycles. The molecule has 1 aliphatic rings. The van der Waals surface area contributed by atoms with Crippen molar-refractivity contribution in [2.45, 2.75) is 18.7 Å². The fraction of sp³-hybridized carbons (Fsp3) is 0.350. The molecule has 0 bridgehead atoms. The molecule has 3 aromatic rings. The normalized spacial score (nSPS) is 15.3. The average molecular weight is 463 g/mol. The van der Waals surface area contributed by atoms with Gasteiger partial charge < -0.3 is 9.64 Å². The van der Waals surface area contributed by atoms with Crippen molar-refractivity contribution in [1.29, 1.82) is 0 Å². The molecule has 9 nitrogen and oxygen atoms in total. The van der Waals surface area contributed by atoms with Crippen molar-refractivity contribution in [3.05, 3.63) is 52.8 Å². The number of aryl methyl sites for hydroxylation is 2. The Morgan fingerprint density at radius 1 is 0.968 bits per heavy atom. The lowest BCUT2D eigenvalue weighted by atomic mass is 10.3. The van der Waals surface area contributed by atoms with Gasteiger partial charge in [0.2, 0.25) is 10.0 Å². The Morgan fingerprint density at radius 2 is 1.65 bits per heavy atom. The molecule has 1 fully saturated rings. The molecule has 1 aliphatic heterocycles. The van der Waals surface area contributed by atoms with Crippen LogP contribution in [0, 0.1) is 13.8 Å². The summed E-state index contributed by atoms with van der Waals surface area (Å²) in [5.41, 5.74) is 1.90. The van der Waals surface area contributed by atoms with E-state index in [1.165, 1.54) is 17.5 Å². The van der Waals surface area contributed by atoms with Gasteiger partial charge >= 0.3 is 0 Å². The van der Waals surface area contributed by atoms with Gasteiger partial charge in [-0.2, -0.15) is 9.40 Å². The summed E-state index contributed by atoms with van der Waals surface area (Å²) in [4.78, 5) is 2.09. The highest BCUT2D eigenvalue weighted by atomic mass is 35.5. The number of ether oxygens (including phenoxy) is 1. The van der Waals surface area contributed by atoms with E-state index in [-0.39, 0.29) is 10.6 Å². The number of hydrogen-bond donors (Lipinski definition) is 0. The number of piperazine rings is 1. The van der Waals surface area contributed by atoms with Gasteiger partial charge in [0.05, 0.1) is 12.8 Å². The third-order valence-electron chi connectivity index (χ3n) is 5.17. The first-order chi connectivity index (χ1) is 14.8. The minimum atomic E-state index is -3.73. The van der Waals surface area contributed by atoms with E-state index in [1.807, 2.05) is 36.9 Å². The highest BCUT2D eigenvalue weighted by Gasteiger charge is 2.31. The highest BCUT2D eigenvalue weighted by Crippen LogP contribution is 2.30. The van der Waals surface area contributed by atoms with Crippen molar-refractivity contribution < 1.29 is 13.2 Å². The number of sulfonamides is 1. The maximum Gasteiger partial charge on any atom is 0.246 e. The van der Waals surface area contributed by atoms with Gasteiger partial charge in [-0.25, -0.2) is 13.1 Å². The number of aromatic nitrogens is 4. The largest absolute Gasteiger partial charge is 0.495 e. The Kier molecular flexibility index (Phi) is 5.87. The lowest BCUT2D eigenvalue weighted by molar-refractivity contribution is 0.373. The summed E-state index contributed by atoms with van der Waals surface area (Å²) in [6.07, 6.45) is 0. The first-order valence-electron chi connectivity index (χ1n) is 9.75. The molecule has 0 N–H and O–H groups in total. The molecule has 0 radical (unpaired) electrons. The van der Waals surface area contributed by atoms with Gasteiger partial charge in [0.1, 0.15) is 10.6 Å². The molecule has 0 saturated carbocycles. The fourth-order valence-electron chi connectivity index (χ4n) is 3.61. The number of halogens is 1. The van der Waals surface area contributed by atoms with Crippen LogP contribution in [0.2, 0.25) is 5.02 Å². The van der Waals surface area contributed by atoms with Crippen LogP contribution in [-0.2, 0) is 10.0 Å². The third kappa shape index (κ3) is 4.23. The van der Waals surface area contributed by atoms with Crippen molar-refractivity contribution >= 4 is 27.4 Å². The molecular formula is C20H23ClN6O3S. The first-order valence-corrected chi connectivity index (χ1v) is 11.6. The zero-order valence-electron chi connectivity index (χ0n) is 17.5. The Morgan fingerprint density at radius 3 is 2.23 bits per heavy atom. The summed E-state index contributed by atoms with van der Waals surface area (Å²) in [6, 6.07) is 10.3. The van der Waals surface area contributed by atoms with E-state index in [0.717, 1.165) is 11.4 Å². The van der Waals surface area contributed by atoms with Gasteiger partial charge in [-0.3, -0.25) is 0 Å². The number of benzene rings is 1. The maximum absolute atomic E-state index is 13.1. The monoisotopic (exact) mass is 462 g/mol. The van der Waals surface area contributed by atoms with Gasteiger partial charge in [-0.1, -0.05) is 11.6 Å². The van der Waals surface area contributed by atoms with Gasteiger partial charge in [0, 0.05) is 36.9 Å². The summed E-state index contributed by atoms with van der Waals surface area (Å²) in [5, 5.41) is 13.4. The second kappa shape index (κ2) is 8.45. The van der Waals surface area contributed by atoms with E-state index >= 15 is 0 Å². The van der Waals surface area contributed by atoms with Crippen LogP contribution in [0.5, 0.6) is 5.75 Å². The quantitative estimate of drug-likeness (QED) is 0.574. The minimum absolute atomic E-state index is 0.0741. The smallest absolute Gasteiger partial charge is 0.246 e. The summed E-state index contributed by atoms with van der Waals surface area (Å²) < 4.78 is 34.7. The molecule has 1 saturated heterocycles. The van der Waals surface area contributed by atoms with E-state index in [9.17, 15) is 8.42 Å². The highest BCUT2D eigenvalue weighted by molar-refractivity contribution is 7.89. The van der Waals surface area contributed by atoms with Gasteiger partial charge in [0.25, 0.3) is 0 Å². The second-order valence-corrected chi connectivity index (χ2v) is 9.62. The Labute approximate surface area is 186 Å². The van der Waals surface area contributed by atoms with Gasteiger partial charge in [-0.15, -0.1) is 10.2 Å². The van der Waals surface area contributed by atoms with E-state index < -0.39 is 10.0 Å². The molecule has 3 heterocycles. The van der Waals surface area contributed by atoms with Crippen LogP contribution in [0.15, 0.2) is 41.3 Å². The van der Waals surface area contributed by atoms with Crippen LogP contribution in [-0.4, -0.2) is 66.0 Å². The van der Waals surface area contributed by atoms with Crippen LogP contribution < -0.4 is 9.64 Å². The fourth-order valence-corrected chi connectivity index (χ4v) is 5.45. The summed E-state index contributed by atoms with van der Waals surface area (Å²) in [5.74, 6) is 1.61. The van der Waals surface area contributed by atoms with Crippen LogP contribution in [0.3, 0.4) is 0 Å². The summed E-state index contributed by atoms with van der Waals surface area (Å²) >= 11 is 6.02. The lowest BCUT2D eigenvalue weighted by Crippen LogP contribution is -2.49. The molecule has 0 atom stereocenters. The SMILES string of the molecule is COc1ccc(Cl)cc1S(=O)(=O)N1CCN(c2ccc(-n3nc(C)cc3C)nn2)CC1. The molecule has 2 aromatic heterocycles. The molecule has 164 valence electrons. The van der Waals surface area contributed by atoms with Crippen LogP contribution in [0.1, 0.15) is 11.4 Å². The second-order valence-electron chi connectivity index (χ2n) is 7.27. The number of methoxy groups -OCH3 is 1. The number of anilines is 1. The molecule has 1 aromatic carbocycles. The van der Waals surface area contributed by atoms with Crippen molar-refractivity contribution in [2.75, 3.05) is 38.2 Å². The van der Waals surface area contributed by atoms with E-state index in [2.05, 4.69) is 15.3 Å². The predicted octanol–water partition coefficient (Wildman–Crippen LogP) is 2.45. The van der Waals surface area contributed by atoms with Crippen LogP contribution in [0.4, 0.5) is 5.82 Å². The molecule has 11 heteroatoms. The summed E-state index contributed by atoms with van der Waals surface area (Å²) in [6.45, 7) is 5.52. The summed E-state index contributed by atoms with van der Waals surface area (Å²) in [7, 11) is -2.29. The Hall–Kier alpha value is -2.69. The van der Waals surface area contributed by atoms with Crippen LogP contribution in [0.25, 0.3) is 5.82 Å². The topological polar surface area (TPSA) is 93.5 Å². The Balaban J connectivity index is 1.47. The third-order valence-corrected chi connectivity index (χ3v) is 7.32. The van der Waals surface area contributed by atoms with E-state index in [1.54, 1.807) is 16.8 Å². The molecule has 31 heavy (non-hydrogen) atoms. The lowest BCUT2D eigenvalue weighted by Gasteiger charge is -2.34. The zero-order valence-corrected chi connectivity index (χ0v) is 19.1. The average Bonchev–Trinajstić information content (AvgIpc) is 3.12. The van der Waals surface area contributed by atoms with Gasteiger partial charge in [0.15, 0.2) is 11.6 Å². The Bertz CT molecular complexity index is 1190. The standard InChI is InChI=1S/C20H23ClN6O3S/c1-14-12-15(2)27(24-14)20-7-6-19(22-23-20)25-8-10-26(11-9-25)31(28,29)18-13-16(21)4-5-17(18)30-3/h4-7,12-13H,8-11H2,1-3H3. The first kappa shape index (κ1) is 21.5. The minimum Gasteiger partial charge on any atom is -0.495 e. The van der Waals surface area contributed by atoms with Crippen molar-refractivity contribution in [2.24, 2.45) is 0 Å². The van der Waals surface area contributed by atoms with Crippen LogP contribution >= 0.6 is 11.6 Å². The van der Waals surface area contributed by atoms with E-state index in [4.69, 9.17) is 16.3 Å². The van der Waals surface area contributed by atoms with Crippen molar-refractivity contribution in [3.63, 3.8) is 0 Å². The number of rotatable bonds is 5. The molecule has 4 rings (SSSR count). The van der Waals surface area contributed by atoms with Gasteiger partial charge in [-0.05, 0) is 50.2 Å². The molecule has 0 unspecified atom stereocenters. The molecular weight excluding hydrogens is 440 g/mol. The maximum atomic E-state index is 13.1. The predicted molar refractivity (Wildman–Crippen MR) is 118 cm³/mol. The van der Waals surface area contributed by atoms with E-state index in [0.29, 0.717) is 42.8 Å².